The highest BCUT2D eigenvalue weighted by Gasteiger charge is 2.25. The Hall–Kier alpha value is -1.59. The molecule has 1 aliphatic rings. The third-order valence-electron chi connectivity index (χ3n) is 4.89. The van der Waals surface area contributed by atoms with Gasteiger partial charge in [0.05, 0.1) is 6.54 Å². The van der Waals surface area contributed by atoms with Crippen molar-refractivity contribution in [2.45, 2.75) is 52.2 Å². The van der Waals surface area contributed by atoms with Crippen molar-refractivity contribution in [3.05, 3.63) is 35.9 Å². The molecule has 2 atom stereocenters. The Balaban J connectivity index is 1.94. The van der Waals surface area contributed by atoms with Crippen LogP contribution in [0.1, 0.15) is 46.1 Å². The Morgan fingerprint density at radius 3 is 2.69 bits per heavy atom. The van der Waals surface area contributed by atoms with Crippen molar-refractivity contribution in [3.63, 3.8) is 0 Å². The molecule has 0 amide bonds. The van der Waals surface area contributed by atoms with Crippen LogP contribution in [0.25, 0.3) is 0 Å². The Bertz CT molecular complexity index is 556. The number of likely N-dealkylation sites (tertiary alicyclic amines) is 1. The lowest BCUT2D eigenvalue weighted by Gasteiger charge is -2.27. The number of nitrogens with one attached hydrogen (secondary N) is 2. The molecular weight excluding hydrogens is 324 g/mol. The summed E-state index contributed by atoms with van der Waals surface area (Å²) in [4.78, 5) is 7.22. The lowest BCUT2D eigenvalue weighted by molar-refractivity contribution is 0.0672. The molecule has 1 aromatic rings. The van der Waals surface area contributed by atoms with Gasteiger partial charge >= 0.3 is 0 Å². The molecule has 1 aromatic carbocycles. The monoisotopic (exact) mass is 360 g/mol. The van der Waals surface area contributed by atoms with E-state index in [0.717, 1.165) is 31.2 Å². The van der Waals surface area contributed by atoms with Crippen molar-refractivity contribution >= 4 is 5.96 Å². The van der Waals surface area contributed by atoms with E-state index in [0.29, 0.717) is 18.5 Å². The van der Waals surface area contributed by atoms with Crippen molar-refractivity contribution in [3.8, 4) is 0 Å². The molecule has 1 heterocycles. The zero-order valence-corrected chi connectivity index (χ0v) is 16.8. The number of hydrogen-bond acceptors (Lipinski definition) is 3. The van der Waals surface area contributed by atoms with Crippen LogP contribution in [0.2, 0.25) is 0 Å². The number of rotatable bonds is 8. The summed E-state index contributed by atoms with van der Waals surface area (Å²) in [6, 6.07) is 10.3. The molecule has 146 valence electrons. The number of nitrogens with zero attached hydrogens (tertiary/aromatic N) is 2. The molecule has 1 saturated heterocycles. The van der Waals surface area contributed by atoms with Crippen molar-refractivity contribution in [1.82, 2.24) is 15.5 Å². The predicted octanol–water partition coefficient (Wildman–Crippen LogP) is 2.57. The largest absolute Gasteiger partial charge is 0.384 e. The van der Waals surface area contributed by atoms with E-state index in [1.807, 2.05) is 37.3 Å². The molecular formula is C21H36N4O. The minimum atomic E-state index is -0.972. The van der Waals surface area contributed by atoms with Crippen LogP contribution < -0.4 is 10.6 Å². The maximum absolute atomic E-state index is 10.8. The highest BCUT2D eigenvalue weighted by molar-refractivity contribution is 5.79. The summed E-state index contributed by atoms with van der Waals surface area (Å²) in [5.74, 6) is 1.47. The quantitative estimate of drug-likeness (QED) is 0.493. The van der Waals surface area contributed by atoms with E-state index in [1.54, 1.807) is 0 Å². The second kappa shape index (κ2) is 9.93. The molecule has 1 fully saturated rings. The molecule has 0 saturated carbocycles. The zero-order chi connectivity index (χ0) is 19.0. The zero-order valence-electron chi connectivity index (χ0n) is 16.8. The number of aliphatic hydroxyl groups is 1. The van der Waals surface area contributed by atoms with Gasteiger partial charge in [-0.1, -0.05) is 44.2 Å². The van der Waals surface area contributed by atoms with Gasteiger partial charge in [0.1, 0.15) is 5.60 Å². The average molecular weight is 361 g/mol. The fourth-order valence-electron chi connectivity index (χ4n) is 3.51. The van der Waals surface area contributed by atoms with Crippen molar-refractivity contribution in [2.75, 3.05) is 32.7 Å². The fourth-order valence-corrected chi connectivity index (χ4v) is 3.51. The van der Waals surface area contributed by atoms with Gasteiger partial charge in [-0.15, -0.1) is 0 Å². The van der Waals surface area contributed by atoms with Gasteiger partial charge in [-0.25, -0.2) is 4.99 Å². The van der Waals surface area contributed by atoms with Gasteiger partial charge in [0.25, 0.3) is 0 Å². The van der Waals surface area contributed by atoms with Gasteiger partial charge in [-0.05, 0) is 44.7 Å². The van der Waals surface area contributed by atoms with Crippen molar-refractivity contribution in [1.29, 1.82) is 0 Å². The molecule has 0 radical (unpaired) electrons. The molecule has 5 nitrogen and oxygen atoms in total. The maximum atomic E-state index is 10.8. The predicted molar refractivity (Wildman–Crippen MR) is 109 cm³/mol. The minimum absolute atomic E-state index is 0.326. The van der Waals surface area contributed by atoms with Gasteiger partial charge in [-0.3, -0.25) is 4.90 Å². The summed E-state index contributed by atoms with van der Waals surface area (Å²) in [5, 5.41) is 17.5. The number of benzene rings is 1. The molecule has 0 bridgehead atoms. The summed E-state index contributed by atoms with van der Waals surface area (Å²) in [7, 11) is 0. The van der Waals surface area contributed by atoms with Gasteiger partial charge in [-0.2, -0.15) is 0 Å². The summed E-state index contributed by atoms with van der Waals surface area (Å²) in [6.07, 6.45) is 2.51. The van der Waals surface area contributed by atoms with E-state index >= 15 is 0 Å². The van der Waals surface area contributed by atoms with E-state index in [4.69, 9.17) is 0 Å². The first-order valence-electron chi connectivity index (χ1n) is 9.96. The van der Waals surface area contributed by atoms with Crippen LogP contribution in [-0.2, 0) is 5.60 Å². The molecule has 0 aliphatic carbocycles. The topological polar surface area (TPSA) is 59.9 Å². The van der Waals surface area contributed by atoms with Crippen LogP contribution in [-0.4, -0.2) is 54.7 Å². The molecule has 1 unspecified atom stereocenters. The third kappa shape index (κ3) is 6.29. The van der Waals surface area contributed by atoms with E-state index in [2.05, 4.69) is 41.3 Å². The average Bonchev–Trinajstić information content (AvgIpc) is 3.04. The smallest absolute Gasteiger partial charge is 0.191 e. The third-order valence-corrected chi connectivity index (χ3v) is 4.89. The first-order chi connectivity index (χ1) is 12.4. The lowest BCUT2D eigenvalue weighted by Crippen LogP contribution is -2.46. The molecule has 26 heavy (non-hydrogen) atoms. The molecule has 2 rings (SSSR count). The Morgan fingerprint density at radius 1 is 1.31 bits per heavy atom. The van der Waals surface area contributed by atoms with Gasteiger partial charge in [0.15, 0.2) is 5.96 Å². The van der Waals surface area contributed by atoms with Crippen LogP contribution in [0.5, 0.6) is 0 Å². The molecule has 1 aliphatic heterocycles. The highest BCUT2D eigenvalue weighted by atomic mass is 16.3. The van der Waals surface area contributed by atoms with Gasteiger partial charge in [0, 0.05) is 25.7 Å². The lowest BCUT2D eigenvalue weighted by atomic mass is 9.96. The molecule has 5 heteroatoms. The highest BCUT2D eigenvalue weighted by Crippen LogP contribution is 2.20. The summed E-state index contributed by atoms with van der Waals surface area (Å²) in [6.45, 7) is 12.8. The van der Waals surface area contributed by atoms with Crippen LogP contribution in [0.4, 0.5) is 0 Å². The summed E-state index contributed by atoms with van der Waals surface area (Å²) >= 11 is 0. The van der Waals surface area contributed by atoms with Gasteiger partial charge in [0.2, 0.25) is 0 Å². The maximum Gasteiger partial charge on any atom is 0.191 e. The first kappa shape index (κ1) is 20.7. The number of guanidine groups is 1. The van der Waals surface area contributed by atoms with E-state index in [-0.39, 0.29) is 0 Å². The normalized spacial score (nSPS) is 21.0. The van der Waals surface area contributed by atoms with Crippen LogP contribution in [0, 0.1) is 5.92 Å². The number of hydrogen-bond donors (Lipinski definition) is 3. The Morgan fingerprint density at radius 2 is 2.04 bits per heavy atom. The summed E-state index contributed by atoms with van der Waals surface area (Å²) < 4.78 is 0. The Kier molecular flexibility index (Phi) is 7.91. The van der Waals surface area contributed by atoms with Crippen molar-refractivity contribution < 1.29 is 5.11 Å². The van der Waals surface area contributed by atoms with E-state index in [9.17, 15) is 5.11 Å². The summed E-state index contributed by atoms with van der Waals surface area (Å²) in [5.41, 5.74) is -0.0841. The van der Waals surface area contributed by atoms with Crippen LogP contribution in [0.3, 0.4) is 0 Å². The second-order valence-electron chi connectivity index (χ2n) is 7.90. The SMILES string of the molecule is CCNC(=NCC(C)(O)c1ccccc1)NC[C@H]1CCCN1CC(C)C. The molecule has 0 aromatic heterocycles. The standard InChI is InChI=1S/C21H36N4O/c1-5-22-20(23-14-19-12-9-13-25(19)15-17(2)3)24-16-21(4,26)18-10-7-6-8-11-18/h6-8,10-11,17,19,26H,5,9,12-16H2,1-4H3,(H2,22,23,24)/t19-,21?/m1/s1. The first-order valence-corrected chi connectivity index (χ1v) is 9.96. The van der Waals surface area contributed by atoms with Crippen LogP contribution >= 0.6 is 0 Å². The fraction of sp³-hybridized carbons (Fsp3) is 0.667. The minimum Gasteiger partial charge on any atom is -0.384 e. The van der Waals surface area contributed by atoms with E-state index in [1.165, 1.54) is 19.4 Å². The number of aliphatic imine (C=N–C) groups is 1. The van der Waals surface area contributed by atoms with Gasteiger partial charge < -0.3 is 15.7 Å². The van der Waals surface area contributed by atoms with Crippen molar-refractivity contribution in [2.24, 2.45) is 10.9 Å². The van der Waals surface area contributed by atoms with Crippen LogP contribution in [0.15, 0.2) is 35.3 Å². The Labute approximate surface area is 158 Å². The second-order valence-corrected chi connectivity index (χ2v) is 7.90. The van der Waals surface area contributed by atoms with E-state index < -0.39 is 5.60 Å². The molecule has 0 spiro atoms. The molecule has 3 N–H and O–H groups in total.